The summed E-state index contributed by atoms with van der Waals surface area (Å²) in [6, 6.07) is 8.76. The lowest BCUT2D eigenvalue weighted by Crippen LogP contribution is -1.92. The standard InChI is InChI=1S/C13H10Cl2N4/c14-9-4-11-12(5-10(9)15)19-13(18-11)6-1-7(16)3-8(17)2-6/h1-5H,16-17H2,(H,18,19). The van der Waals surface area contributed by atoms with Crippen LogP contribution in [0.4, 0.5) is 11.4 Å². The molecule has 2 aromatic carbocycles. The summed E-state index contributed by atoms with van der Waals surface area (Å²) in [4.78, 5) is 7.63. The third-order valence-electron chi connectivity index (χ3n) is 2.78. The molecule has 0 amide bonds. The summed E-state index contributed by atoms with van der Waals surface area (Å²) in [6.45, 7) is 0. The van der Waals surface area contributed by atoms with E-state index in [0.717, 1.165) is 16.6 Å². The first kappa shape index (κ1) is 12.1. The van der Waals surface area contributed by atoms with Crippen LogP contribution in [-0.2, 0) is 0 Å². The minimum atomic E-state index is 0.472. The third-order valence-corrected chi connectivity index (χ3v) is 3.50. The first-order chi connectivity index (χ1) is 9.02. The molecule has 3 aromatic rings. The molecule has 5 N–H and O–H groups in total. The molecule has 0 radical (unpaired) electrons. The number of fused-ring (bicyclic) bond motifs is 1. The van der Waals surface area contributed by atoms with E-state index in [1.165, 1.54) is 0 Å². The Kier molecular flexibility index (Phi) is 2.77. The maximum absolute atomic E-state index is 5.97. The number of rotatable bonds is 1. The fraction of sp³-hybridized carbons (Fsp3) is 0. The highest BCUT2D eigenvalue weighted by Crippen LogP contribution is 2.29. The molecule has 0 spiro atoms. The van der Waals surface area contributed by atoms with E-state index in [4.69, 9.17) is 34.7 Å². The van der Waals surface area contributed by atoms with Crippen molar-refractivity contribution in [2.45, 2.75) is 0 Å². The van der Waals surface area contributed by atoms with Gasteiger partial charge in [-0.15, -0.1) is 0 Å². The maximum Gasteiger partial charge on any atom is 0.138 e. The van der Waals surface area contributed by atoms with Crippen LogP contribution in [0, 0.1) is 0 Å². The van der Waals surface area contributed by atoms with Crippen molar-refractivity contribution in [3.8, 4) is 11.4 Å². The predicted octanol–water partition coefficient (Wildman–Crippen LogP) is 3.70. The highest BCUT2D eigenvalue weighted by Gasteiger charge is 2.09. The van der Waals surface area contributed by atoms with E-state index in [9.17, 15) is 0 Å². The number of hydrogen-bond donors (Lipinski definition) is 3. The van der Waals surface area contributed by atoms with Gasteiger partial charge in [0.15, 0.2) is 0 Å². The van der Waals surface area contributed by atoms with Crippen molar-refractivity contribution in [1.82, 2.24) is 9.97 Å². The average Bonchev–Trinajstić information content (AvgIpc) is 2.71. The van der Waals surface area contributed by atoms with Gasteiger partial charge in [-0.3, -0.25) is 0 Å². The highest BCUT2D eigenvalue weighted by atomic mass is 35.5. The van der Waals surface area contributed by atoms with Gasteiger partial charge in [0.05, 0.1) is 21.1 Å². The van der Waals surface area contributed by atoms with Crippen molar-refractivity contribution in [2.24, 2.45) is 0 Å². The fourth-order valence-corrected chi connectivity index (χ4v) is 2.28. The Bertz CT molecular complexity index is 720. The zero-order chi connectivity index (χ0) is 13.6. The molecule has 0 aliphatic carbocycles. The zero-order valence-electron chi connectivity index (χ0n) is 9.74. The number of nitrogens with one attached hydrogen (secondary N) is 1. The second-order valence-corrected chi connectivity index (χ2v) is 5.07. The van der Waals surface area contributed by atoms with E-state index in [-0.39, 0.29) is 0 Å². The van der Waals surface area contributed by atoms with Crippen LogP contribution >= 0.6 is 23.2 Å². The van der Waals surface area contributed by atoms with E-state index in [1.807, 2.05) is 0 Å². The first-order valence-corrected chi connectivity index (χ1v) is 6.30. The van der Waals surface area contributed by atoms with Crippen molar-refractivity contribution in [2.75, 3.05) is 11.5 Å². The number of nitrogens with zero attached hydrogens (tertiary/aromatic N) is 1. The van der Waals surface area contributed by atoms with Gasteiger partial charge in [-0.05, 0) is 30.3 Å². The van der Waals surface area contributed by atoms with Crippen LogP contribution in [-0.4, -0.2) is 9.97 Å². The molecule has 96 valence electrons. The number of aromatic nitrogens is 2. The Labute approximate surface area is 119 Å². The normalized spacial score (nSPS) is 11.1. The van der Waals surface area contributed by atoms with Crippen molar-refractivity contribution in [3.63, 3.8) is 0 Å². The number of hydrogen-bond acceptors (Lipinski definition) is 3. The zero-order valence-corrected chi connectivity index (χ0v) is 11.3. The molecule has 0 saturated carbocycles. The quantitative estimate of drug-likeness (QED) is 0.598. The molecule has 4 nitrogen and oxygen atoms in total. The number of nitrogen functional groups attached to an aromatic ring is 2. The highest BCUT2D eigenvalue weighted by molar-refractivity contribution is 6.42. The molecule has 1 aromatic heterocycles. The molecule has 6 heteroatoms. The molecular formula is C13H10Cl2N4. The smallest absolute Gasteiger partial charge is 0.138 e. The van der Waals surface area contributed by atoms with Crippen LogP contribution < -0.4 is 11.5 Å². The second-order valence-electron chi connectivity index (χ2n) is 4.26. The summed E-state index contributed by atoms with van der Waals surface area (Å²) >= 11 is 11.9. The largest absolute Gasteiger partial charge is 0.399 e. The van der Waals surface area contributed by atoms with Gasteiger partial charge in [-0.2, -0.15) is 0 Å². The van der Waals surface area contributed by atoms with E-state index in [0.29, 0.717) is 27.2 Å². The van der Waals surface area contributed by atoms with E-state index in [2.05, 4.69) is 9.97 Å². The molecule has 0 fully saturated rings. The number of nitrogens with two attached hydrogens (primary N) is 2. The summed E-state index contributed by atoms with van der Waals surface area (Å²) in [7, 11) is 0. The van der Waals surface area contributed by atoms with Crippen LogP contribution in [0.15, 0.2) is 30.3 Å². The molecule has 0 unspecified atom stereocenters. The predicted molar refractivity (Wildman–Crippen MR) is 80.4 cm³/mol. The van der Waals surface area contributed by atoms with E-state index in [1.54, 1.807) is 30.3 Å². The maximum atomic E-state index is 5.97. The van der Waals surface area contributed by atoms with Gasteiger partial charge in [0.2, 0.25) is 0 Å². The van der Waals surface area contributed by atoms with Gasteiger partial charge in [-0.25, -0.2) is 4.98 Å². The van der Waals surface area contributed by atoms with Crippen molar-refractivity contribution < 1.29 is 0 Å². The first-order valence-electron chi connectivity index (χ1n) is 5.54. The lowest BCUT2D eigenvalue weighted by molar-refractivity contribution is 1.34. The number of halogens is 2. The SMILES string of the molecule is Nc1cc(N)cc(-c2nc3cc(Cl)c(Cl)cc3[nH]2)c1. The van der Waals surface area contributed by atoms with E-state index >= 15 is 0 Å². The Morgan fingerprint density at radius 1 is 0.895 bits per heavy atom. The van der Waals surface area contributed by atoms with Crippen LogP contribution in [0.3, 0.4) is 0 Å². The summed E-state index contributed by atoms with van der Waals surface area (Å²) in [5.74, 6) is 0.673. The monoisotopic (exact) mass is 292 g/mol. The molecule has 0 aliphatic rings. The van der Waals surface area contributed by atoms with Gasteiger partial charge in [0.1, 0.15) is 5.82 Å². The van der Waals surface area contributed by atoms with Gasteiger partial charge in [-0.1, -0.05) is 23.2 Å². The number of H-pyrrole nitrogens is 1. The van der Waals surface area contributed by atoms with Gasteiger partial charge >= 0.3 is 0 Å². The third kappa shape index (κ3) is 2.20. The molecule has 0 bridgehead atoms. The average molecular weight is 293 g/mol. The van der Waals surface area contributed by atoms with Gasteiger partial charge in [0.25, 0.3) is 0 Å². The Morgan fingerprint density at radius 2 is 1.53 bits per heavy atom. The van der Waals surface area contributed by atoms with Crippen LogP contribution in [0.2, 0.25) is 10.0 Å². The Morgan fingerprint density at radius 3 is 2.21 bits per heavy atom. The molecule has 3 rings (SSSR count). The minimum Gasteiger partial charge on any atom is -0.399 e. The molecule has 0 atom stereocenters. The Balaban J connectivity index is 2.20. The summed E-state index contributed by atoms with van der Waals surface area (Å²) in [5, 5.41) is 0.954. The van der Waals surface area contributed by atoms with Crippen molar-refractivity contribution in [3.05, 3.63) is 40.4 Å². The van der Waals surface area contributed by atoms with Crippen LogP contribution in [0.1, 0.15) is 0 Å². The number of anilines is 2. The molecule has 1 heterocycles. The van der Waals surface area contributed by atoms with E-state index < -0.39 is 0 Å². The van der Waals surface area contributed by atoms with Crippen LogP contribution in [0.25, 0.3) is 22.4 Å². The molecular weight excluding hydrogens is 283 g/mol. The summed E-state index contributed by atoms with van der Waals surface area (Å²) in [6.07, 6.45) is 0. The Hall–Kier alpha value is -1.91. The number of aromatic amines is 1. The topological polar surface area (TPSA) is 80.7 Å². The molecule has 0 aliphatic heterocycles. The number of imidazole rings is 1. The number of benzene rings is 2. The minimum absolute atomic E-state index is 0.472. The summed E-state index contributed by atoms with van der Waals surface area (Å²) < 4.78 is 0. The lowest BCUT2D eigenvalue weighted by atomic mass is 10.1. The van der Waals surface area contributed by atoms with Gasteiger partial charge in [0, 0.05) is 16.9 Å². The van der Waals surface area contributed by atoms with Gasteiger partial charge < -0.3 is 16.5 Å². The second kappa shape index (κ2) is 4.33. The summed E-state index contributed by atoms with van der Waals surface area (Å²) in [5.41, 5.74) is 15.1. The lowest BCUT2D eigenvalue weighted by Gasteiger charge is -2.01. The van der Waals surface area contributed by atoms with Crippen molar-refractivity contribution in [1.29, 1.82) is 0 Å². The molecule has 0 saturated heterocycles. The molecule has 19 heavy (non-hydrogen) atoms. The van der Waals surface area contributed by atoms with Crippen molar-refractivity contribution >= 4 is 45.6 Å². The van der Waals surface area contributed by atoms with Crippen LogP contribution in [0.5, 0.6) is 0 Å². The fourth-order valence-electron chi connectivity index (χ4n) is 1.95.